The van der Waals surface area contributed by atoms with Crippen molar-refractivity contribution in [3.8, 4) is 5.88 Å². The van der Waals surface area contributed by atoms with Gasteiger partial charge in [0.2, 0.25) is 11.8 Å². The van der Waals surface area contributed by atoms with Crippen LogP contribution in [0.2, 0.25) is 0 Å². The smallest absolute Gasteiger partial charge is 0.259 e. The summed E-state index contributed by atoms with van der Waals surface area (Å²) in [7, 11) is 1.52. The zero-order valence-corrected chi connectivity index (χ0v) is 12.3. The average Bonchev–Trinajstić information content (AvgIpc) is 2.62. The molecule has 114 valence electrons. The Morgan fingerprint density at radius 3 is 2.41 bits per heavy atom. The summed E-state index contributed by atoms with van der Waals surface area (Å²) < 4.78 is 5.16. The van der Waals surface area contributed by atoms with Gasteiger partial charge in [-0.2, -0.15) is 0 Å². The predicted octanol–water partition coefficient (Wildman–Crippen LogP) is 0.843. The van der Waals surface area contributed by atoms with Gasteiger partial charge in [0.05, 0.1) is 7.11 Å². The second-order valence-corrected chi connectivity index (χ2v) is 4.89. The van der Waals surface area contributed by atoms with Crippen molar-refractivity contribution in [3.05, 3.63) is 42.4 Å². The van der Waals surface area contributed by atoms with Crippen LogP contribution in [0, 0.1) is 0 Å². The molecular formula is C15H17N5O2. The van der Waals surface area contributed by atoms with Gasteiger partial charge < -0.3 is 14.5 Å². The maximum absolute atomic E-state index is 12.6. The molecule has 0 bridgehead atoms. The molecule has 7 heteroatoms. The fourth-order valence-electron chi connectivity index (χ4n) is 2.45. The number of ether oxygens (including phenoxy) is 1. The lowest BCUT2D eigenvalue weighted by atomic mass is 10.2. The van der Waals surface area contributed by atoms with Crippen LogP contribution in [-0.2, 0) is 0 Å². The molecular weight excluding hydrogens is 282 g/mol. The first-order valence-electron chi connectivity index (χ1n) is 7.10. The summed E-state index contributed by atoms with van der Waals surface area (Å²) >= 11 is 0. The Morgan fingerprint density at radius 1 is 1.05 bits per heavy atom. The fraction of sp³-hybridized carbons (Fsp3) is 0.333. The van der Waals surface area contributed by atoms with Crippen LogP contribution >= 0.6 is 0 Å². The summed E-state index contributed by atoms with van der Waals surface area (Å²) in [5.74, 6) is 1.01. The van der Waals surface area contributed by atoms with E-state index in [2.05, 4.69) is 19.9 Å². The number of carbonyl (C=O) groups excluding carboxylic acids is 1. The van der Waals surface area contributed by atoms with Crippen LogP contribution in [0.3, 0.4) is 0 Å². The second kappa shape index (κ2) is 6.38. The van der Waals surface area contributed by atoms with Gasteiger partial charge in [0, 0.05) is 44.8 Å². The Morgan fingerprint density at radius 2 is 1.73 bits per heavy atom. The monoisotopic (exact) mass is 299 g/mol. The first kappa shape index (κ1) is 14.2. The van der Waals surface area contributed by atoms with E-state index in [1.165, 1.54) is 7.11 Å². The SMILES string of the molecule is COc1ncccc1C(=O)N1CCN(c2ncccn2)CC1. The number of piperazine rings is 1. The number of hydrogen-bond acceptors (Lipinski definition) is 6. The van der Waals surface area contributed by atoms with Gasteiger partial charge >= 0.3 is 0 Å². The molecule has 0 saturated carbocycles. The maximum atomic E-state index is 12.6. The van der Waals surface area contributed by atoms with Crippen molar-refractivity contribution in [1.29, 1.82) is 0 Å². The van der Waals surface area contributed by atoms with Crippen molar-refractivity contribution in [2.75, 3.05) is 38.2 Å². The topological polar surface area (TPSA) is 71.5 Å². The minimum atomic E-state index is -0.0569. The Labute approximate surface area is 128 Å². The third-order valence-corrected chi connectivity index (χ3v) is 3.60. The third kappa shape index (κ3) is 2.83. The van der Waals surface area contributed by atoms with Crippen molar-refractivity contribution in [1.82, 2.24) is 19.9 Å². The number of pyridine rings is 1. The normalized spacial score (nSPS) is 14.8. The van der Waals surface area contributed by atoms with E-state index in [1.807, 2.05) is 0 Å². The standard InChI is InChI=1S/C15H17N5O2/c1-22-13-12(4-2-5-16-13)14(21)19-8-10-20(11-9-19)15-17-6-3-7-18-15/h2-7H,8-11H2,1H3. The zero-order valence-electron chi connectivity index (χ0n) is 12.3. The van der Waals surface area contributed by atoms with Crippen LogP contribution < -0.4 is 9.64 Å². The highest BCUT2D eigenvalue weighted by Crippen LogP contribution is 2.18. The van der Waals surface area contributed by atoms with Crippen LogP contribution in [0.25, 0.3) is 0 Å². The number of amides is 1. The molecule has 1 fully saturated rings. The molecule has 0 aliphatic carbocycles. The Bertz CT molecular complexity index is 641. The van der Waals surface area contributed by atoms with Gasteiger partial charge in [-0.3, -0.25) is 4.79 Å². The summed E-state index contributed by atoms with van der Waals surface area (Å²) in [6, 6.07) is 5.27. The summed E-state index contributed by atoms with van der Waals surface area (Å²) in [5, 5.41) is 0. The van der Waals surface area contributed by atoms with Crippen LogP contribution in [0.4, 0.5) is 5.95 Å². The van der Waals surface area contributed by atoms with Gasteiger partial charge in [-0.1, -0.05) is 0 Å². The van der Waals surface area contributed by atoms with Gasteiger partial charge in [0.15, 0.2) is 0 Å². The molecule has 1 saturated heterocycles. The molecule has 0 atom stereocenters. The van der Waals surface area contributed by atoms with E-state index < -0.39 is 0 Å². The molecule has 0 aromatic carbocycles. The highest BCUT2D eigenvalue weighted by atomic mass is 16.5. The van der Waals surface area contributed by atoms with Crippen molar-refractivity contribution < 1.29 is 9.53 Å². The largest absolute Gasteiger partial charge is 0.480 e. The Kier molecular flexibility index (Phi) is 4.13. The van der Waals surface area contributed by atoms with E-state index in [4.69, 9.17) is 4.74 Å². The van der Waals surface area contributed by atoms with Crippen molar-refractivity contribution in [2.45, 2.75) is 0 Å². The summed E-state index contributed by atoms with van der Waals surface area (Å²) in [6.45, 7) is 2.65. The highest BCUT2D eigenvalue weighted by molar-refractivity contribution is 5.96. The minimum Gasteiger partial charge on any atom is -0.480 e. The first-order chi connectivity index (χ1) is 10.8. The van der Waals surface area contributed by atoms with E-state index >= 15 is 0 Å². The van der Waals surface area contributed by atoms with Gasteiger partial charge in [0.25, 0.3) is 5.91 Å². The molecule has 0 radical (unpaired) electrons. The van der Waals surface area contributed by atoms with Gasteiger partial charge in [-0.05, 0) is 18.2 Å². The Balaban J connectivity index is 1.67. The third-order valence-electron chi connectivity index (χ3n) is 3.60. The van der Waals surface area contributed by atoms with Crippen molar-refractivity contribution in [3.63, 3.8) is 0 Å². The molecule has 1 amide bonds. The number of carbonyl (C=O) groups is 1. The number of aromatic nitrogens is 3. The first-order valence-corrected chi connectivity index (χ1v) is 7.10. The second-order valence-electron chi connectivity index (χ2n) is 4.89. The molecule has 22 heavy (non-hydrogen) atoms. The molecule has 3 rings (SSSR count). The minimum absolute atomic E-state index is 0.0569. The number of rotatable bonds is 3. The molecule has 1 aliphatic heterocycles. The van der Waals surface area contributed by atoms with Crippen LogP contribution in [-0.4, -0.2) is 59.0 Å². The van der Waals surface area contributed by atoms with Crippen LogP contribution in [0.5, 0.6) is 5.88 Å². The van der Waals surface area contributed by atoms with Crippen molar-refractivity contribution in [2.24, 2.45) is 0 Å². The maximum Gasteiger partial charge on any atom is 0.259 e. The van der Waals surface area contributed by atoms with Crippen LogP contribution in [0.1, 0.15) is 10.4 Å². The van der Waals surface area contributed by atoms with Gasteiger partial charge in [-0.15, -0.1) is 0 Å². The number of methoxy groups -OCH3 is 1. The zero-order chi connectivity index (χ0) is 15.4. The molecule has 1 aliphatic rings. The van der Waals surface area contributed by atoms with E-state index in [-0.39, 0.29) is 5.91 Å². The van der Waals surface area contributed by atoms with Crippen molar-refractivity contribution >= 4 is 11.9 Å². The summed E-state index contributed by atoms with van der Waals surface area (Å²) in [4.78, 5) is 29.0. The van der Waals surface area contributed by atoms with E-state index in [1.54, 1.807) is 41.7 Å². The molecule has 7 nitrogen and oxygen atoms in total. The van der Waals surface area contributed by atoms with Gasteiger partial charge in [-0.25, -0.2) is 15.0 Å². The molecule has 2 aromatic rings. The highest BCUT2D eigenvalue weighted by Gasteiger charge is 2.25. The number of hydrogen-bond donors (Lipinski definition) is 0. The lowest BCUT2D eigenvalue weighted by Gasteiger charge is -2.34. The van der Waals surface area contributed by atoms with E-state index in [0.29, 0.717) is 43.6 Å². The fourth-order valence-corrected chi connectivity index (χ4v) is 2.45. The Hall–Kier alpha value is -2.70. The summed E-state index contributed by atoms with van der Waals surface area (Å²) in [5.41, 5.74) is 0.495. The quantitative estimate of drug-likeness (QED) is 0.836. The molecule has 0 N–H and O–H groups in total. The van der Waals surface area contributed by atoms with E-state index in [9.17, 15) is 4.79 Å². The number of anilines is 1. The summed E-state index contributed by atoms with van der Waals surface area (Å²) in [6.07, 6.45) is 5.06. The molecule has 0 spiro atoms. The lowest BCUT2D eigenvalue weighted by molar-refractivity contribution is 0.0742. The van der Waals surface area contributed by atoms with E-state index in [0.717, 1.165) is 0 Å². The van der Waals surface area contributed by atoms with Crippen LogP contribution in [0.15, 0.2) is 36.8 Å². The average molecular weight is 299 g/mol. The van der Waals surface area contributed by atoms with Gasteiger partial charge in [0.1, 0.15) is 5.56 Å². The molecule has 2 aromatic heterocycles. The lowest BCUT2D eigenvalue weighted by Crippen LogP contribution is -2.49. The molecule has 3 heterocycles. The number of nitrogens with zero attached hydrogens (tertiary/aromatic N) is 5. The molecule has 0 unspecified atom stereocenters. The predicted molar refractivity (Wildman–Crippen MR) is 80.9 cm³/mol.